The topological polar surface area (TPSA) is 37.3 Å². The van der Waals surface area contributed by atoms with E-state index < -0.39 is 0 Å². The summed E-state index contributed by atoms with van der Waals surface area (Å²) in [5.74, 6) is -0.552. The van der Waals surface area contributed by atoms with Gasteiger partial charge >= 0.3 is 0 Å². The maximum absolute atomic E-state index is 11.6. The number of carbonyl (C=O) groups excluding carboxylic acids is 1. The van der Waals surface area contributed by atoms with Crippen molar-refractivity contribution in [2.75, 3.05) is 0 Å². The molecule has 0 saturated carbocycles. The molecule has 2 heteroatoms. The van der Waals surface area contributed by atoms with Gasteiger partial charge in [-0.25, -0.2) is 0 Å². The molecule has 0 heterocycles. The number of hydrogen-bond donors (Lipinski definition) is 1. The molecule has 0 radical (unpaired) electrons. The third-order valence-corrected chi connectivity index (χ3v) is 2.38. The first-order valence-corrected chi connectivity index (χ1v) is 4.35. The molecule has 0 amide bonds. The van der Waals surface area contributed by atoms with Crippen LogP contribution in [0.3, 0.4) is 0 Å². The molecule has 1 aromatic rings. The Kier molecular flexibility index (Phi) is 1.78. The molecular formula is C12H10O2. The number of benzene rings is 1. The van der Waals surface area contributed by atoms with Gasteiger partial charge in [-0.15, -0.1) is 0 Å². The maximum atomic E-state index is 11.6. The first-order chi connectivity index (χ1) is 6.61. The lowest BCUT2D eigenvalue weighted by atomic mass is 9.88. The summed E-state index contributed by atoms with van der Waals surface area (Å²) < 4.78 is 0. The number of aliphatic hydroxyl groups excluding tert-OH is 1. The molecule has 2 nitrogen and oxygen atoms in total. The van der Waals surface area contributed by atoms with Gasteiger partial charge in [-0.1, -0.05) is 24.8 Å². The van der Waals surface area contributed by atoms with Crippen LogP contribution >= 0.6 is 0 Å². The molecule has 0 spiro atoms. The van der Waals surface area contributed by atoms with Crippen molar-refractivity contribution in [2.45, 2.75) is 6.92 Å². The Morgan fingerprint density at radius 2 is 2.07 bits per heavy atom. The lowest BCUT2D eigenvalue weighted by Crippen LogP contribution is -2.11. The highest BCUT2D eigenvalue weighted by Gasteiger charge is 2.22. The standard InChI is InChI=1S/C12H10O2/c1-7-4-3-5-9-11(7)8(2)6-10(13)12(9)14/h3-6,13H,2H2,1H3. The predicted molar refractivity (Wildman–Crippen MR) is 55.3 cm³/mol. The van der Waals surface area contributed by atoms with Gasteiger partial charge in [0.05, 0.1) is 0 Å². The normalized spacial score (nSPS) is 15.1. The minimum atomic E-state index is -0.323. The second-order valence-electron chi connectivity index (χ2n) is 3.38. The van der Waals surface area contributed by atoms with Crippen molar-refractivity contribution >= 4 is 11.4 Å². The van der Waals surface area contributed by atoms with E-state index in [2.05, 4.69) is 6.58 Å². The van der Waals surface area contributed by atoms with E-state index in [1.807, 2.05) is 13.0 Å². The summed E-state index contributed by atoms with van der Waals surface area (Å²) in [7, 11) is 0. The summed E-state index contributed by atoms with van der Waals surface area (Å²) in [6.45, 7) is 5.74. The van der Waals surface area contributed by atoms with Crippen LogP contribution in [-0.4, -0.2) is 10.9 Å². The molecule has 1 aliphatic carbocycles. The highest BCUT2D eigenvalue weighted by atomic mass is 16.3. The summed E-state index contributed by atoms with van der Waals surface area (Å²) in [4.78, 5) is 11.6. The SMILES string of the molecule is C=C1C=C(O)C(=O)c2cccc(C)c21. The highest BCUT2D eigenvalue weighted by Crippen LogP contribution is 2.29. The quantitative estimate of drug-likeness (QED) is 0.676. The van der Waals surface area contributed by atoms with Crippen LogP contribution in [0.1, 0.15) is 21.5 Å². The van der Waals surface area contributed by atoms with E-state index in [1.54, 1.807) is 12.1 Å². The average Bonchev–Trinajstić information content (AvgIpc) is 2.14. The zero-order chi connectivity index (χ0) is 10.3. The molecule has 0 unspecified atom stereocenters. The van der Waals surface area contributed by atoms with Gasteiger partial charge in [0.2, 0.25) is 5.78 Å². The lowest BCUT2D eigenvalue weighted by molar-refractivity contribution is 0.0976. The molecule has 0 saturated heterocycles. The average molecular weight is 186 g/mol. The second-order valence-corrected chi connectivity index (χ2v) is 3.38. The molecular weight excluding hydrogens is 176 g/mol. The van der Waals surface area contributed by atoms with E-state index >= 15 is 0 Å². The van der Waals surface area contributed by atoms with Gasteiger partial charge in [0, 0.05) is 5.56 Å². The van der Waals surface area contributed by atoms with Crippen LogP contribution in [0.25, 0.3) is 5.57 Å². The number of Topliss-reactive ketones (excluding diaryl/α,β-unsaturated/α-hetero) is 1. The molecule has 0 fully saturated rings. The van der Waals surface area contributed by atoms with Crippen LogP contribution in [0.5, 0.6) is 0 Å². The van der Waals surface area contributed by atoms with E-state index in [0.717, 1.165) is 11.1 Å². The molecule has 14 heavy (non-hydrogen) atoms. The monoisotopic (exact) mass is 186 g/mol. The van der Waals surface area contributed by atoms with Gasteiger partial charge < -0.3 is 5.11 Å². The van der Waals surface area contributed by atoms with Crippen LogP contribution < -0.4 is 0 Å². The number of hydrogen-bond acceptors (Lipinski definition) is 2. The van der Waals surface area contributed by atoms with Crippen molar-refractivity contribution in [3.8, 4) is 0 Å². The summed E-state index contributed by atoms with van der Waals surface area (Å²) >= 11 is 0. The number of ketones is 1. The van der Waals surface area contributed by atoms with Crippen LogP contribution in [0.2, 0.25) is 0 Å². The summed E-state index contributed by atoms with van der Waals surface area (Å²) in [5.41, 5.74) is 3.07. The molecule has 1 aromatic carbocycles. The van der Waals surface area contributed by atoms with Gasteiger partial charge in [0.25, 0.3) is 0 Å². The van der Waals surface area contributed by atoms with Crippen molar-refractivity contribution in [1.29, 1.82) is 0 Å². The highest BCUT2D eigenvalue weighted by molar-refractivity contribution is 6.14. The number of carbonyl (C=O) groups is 1. The summed E-state index contributed by atoms with van der Waals surface area (Å²) in [5, 5.41) is 9.34. The number of fused-ring (bicyclic) bond motifs is 1. The third kappa shape index (κ3) is 1.08. The van der Waals surface area contributed by atoms with Crippen LogP contribution in [0.15, 0.2) is 36.6 Å². The smallest absolute Gasteiger partial charge is 0.227 e. The number of aryl methyl sites for hydroxylation is 1. The largest absolute Gasteiger partial charge is 0.504 e. The Bertz CT molecular complexity index is 467. The molecule has 0 aliphatic heterocycles. The number of aliphatic hydroxyl groups is 1. The first-order valence-electron chi connectivity index (χ1n) is 4.35. The minimum Gasteiger partial charge on any atom is -0.504 e. The lowest BCUT2D eigenvalue weighted by Gasteiger charge is -2.16. The maximum Gasteiger partial charge on any atom is 0.227 e. The molecule has 0 aromatic heterocycles. The van der Waals surface area contributed by atoms with Crippen LogP contribution in [0.4, 0.5) is 0 Å². The Balaban J connectivity index is 2.75. The molecule has 2 rings (SSSR count). The predicted octanol–water partition coefficient (Wildman–Crippen LogP) is 2.65. The Labute approximate surface area is 82.2 Å². The van der Waals surface area contributed by atoms with Crippen LogP contribution in [0, 0.1) is 6.92 Å². The number of allylic oxidation sites excluding steroid dienone is 3. The van der Waals surface area contributed by atoms with Crippen molar-refractivity contribution in [3.05, 3.63) is 53.3 Å². The molecule has 0 atom stereocenters. The van der Waals surface area contributed by atoms with Gasteiger partial charge in [0.15, 0.2) is 5.76 Å². The van der Waals surface area contributed by atoms with E-state index in [9.17, 15) is 9.90 Å². The Morgan fingerprint density at radius 3 is 2.79 bits per heavy atom. The summed E-state index contributed by atoms with van der Waals surface area (Å²) in [6, 6.07) is 5.44. The molecule has 0 bridgehead atoms. The number of rotatable bonds is 0. The van der Waals surface area contributed by atoms with Crippen molar-refractivity contribution in [1.82, 2.24) is 0 Å². The fraction of sp³-hybridized carbons (Fsp3) is 0.0833. The zero-order valence-electron chi connectivity index (χ0n) is 7.87. The molecule has 1 N–H and O–H groups in total. The van der Waals surface area contributed by atoms with Gasteiger partial charge in [0.1, 0.15) is 0 Å². The minimum absolute atomic E-state index is 0.229. The van der Waals surface area contributed by atoms with Crippen molar-refractivity contribution in [3.63, 3.8) is 0 Å². The molecule has 70 valence electrons. The van der Waals surface area contributed by atoms with E-state index in [4.69, 9.17) is 0 Å². The zero-order valence-corrected chi connectivity index (χ0v) is 7.87. The first kappa shape index (κ1) is 8.75. The fourth-order valence-corrected chi connectivity index (χ4v) is 1.72. The van der Waals surface area contributed by atoms with Crippen molar-refractivity contribution in [2.24, 2.45) is 0 Å². The third-order valence-electron chi connectivity index (χ3n) is 2.38. The Morgan fingerprint density at radius 1 is 1.36 bits per heavy atom. The van der Waals surface area contributed by atoms with Gasteiger partial charge in [-0.05, 0) is 29.7 Å². The fourth-order valence-electron chi connectivity index (χ4n) is 1.72. The molecule has 1 aliphatic rings. The van der Waals surface area contributed by atoms with Crippen molar-refractivity contribution < 1.29 is 9.90 Å². The van der Waals surface area contributed by atoms with Crippen LogP contribution in [-0.2, 0) is 0 Å². The van der Waals surface area contributed by atoms with E-state index in [1.165, 1.54) is 6.08 Å². The summed E-state index contributed by atoms with van der Waals surface area (Å²) in [6.07, 6.45) is 1.41. The van der Waals surface area contributed by atoms with E-state index in [-0.39, 0.29) is 11.5 Å². The van der Waals surface area contributed by atoms with E-state index in [0.29, 0.717) is 11.1 Å². The van der Waals surface area contributed by atoms with Gasteiger partial charge in [-0.3, -0.25) is 4.79 Å². The Hall–Kier alpha value is -1.83. The van der Waals surface area contributed by atoms with Gasteiger partial charge in [-0.2, -0.15) is 0 Å². The second kappa shape index (κ2) is 2.84.